The third kappa shape index (κ3) is 3.82. The Bertz CT molecular complexity index is 1040. The van der Waals surface area contributed by atoms with Crippen LogP contribution in [0.15, 0.2) is 48.6 Å². The fraction of sp³-hybridized carbons (Fsp3) is 0.656. The molecule has 0 aliphatic heterocycles. The number of Topliss-reactive ketones (excluding diaryl/α,β-unsaturated/α-hetero) is 1. The van der Waals surface area contributed by atoms with E-state index >= 15 is 0 Å². The summed E-state index contributed by atoms with van der Waals surface area (Å²) in [5.74, 6) is 1.90. The van der Waals surface area contributed by atoms with Gasteiger partial charge in [0.05, 0.1) is 13.7 Å². The van der Waals surface area contributed by atoms with E-state index in [1.165, 1.54) is 12.0 Å². The summed E-state index contributed by atoms with van der Waals surface area (Å²) in [6.07, 6.45) is 12.9. The predicted molar refractivity (Wildman–Crippen MR) is 142 cm³/mol. The SMILES string of the molecule is C=CC[C@]1(C(C)=O)CC[C@H]2[C@@H]3CC=C4CC(O)(OCc5ccc(OC)cc5)CC[C@]4(C)[C@H]3CC[C@@]21C. The van der Waals surface area contributed by atoms with Gasteiger partial charge in [-0.25, -0.2) is 0 Å². The Hall–Kier alpha value is -1.91. The first-order valence-electron chi connectivity index (χ1n) is 13.9. The monoisotopic (exact) mass is 492 g/mol. The van der Waals surface area contributed by atoms with Crippen LogP contribution in [0.25, 0.3) is 0 Å². The quantitative estimate of drug-likeness (QED) is 0.328. The van der Waals surface area contributed by atoms with Crippen LogP contribution in [0.1, 0.15) is 84.1 Å². The molecule has 4 heteroatoms. The molecule has 1 aromatic carbocycles. The minimum atomic E-state index is -1.11. The van der Waals surface area contributed by atoms with Gasteiger partial charge in [0.15, 0.2) is 5.79 Å². The van der Waals surface area contributed by atoms with Crippen molar-refractivity contribution in [1.29, 1.82) is 0 Å². The van der Waals surface area contributed by atoms with Gasteiger partial charge in [-0.2, -0.15) is 0 Å². The van der Waals surface area contributed by atoms with Gasteiger partial charge >= 0.3 is 0 Å². The average Bonchev–Trinajstić information content (AvgIpc) is 3.17. The van der Waals surface area contributed by atoms with Crippen molar-refractivity contribution >= 4 is 5.78 Å². The highest BCUT2D eigenvalue weighted by Gasteiger charge is 2.65. The number of carbonyl (C=O) groups excluding carboxylic acids is 1. The van der Waals surface area contributed by atoms with E-state index < -0.39 is 5.79 Å². The number of benzene rings is 1. The minimum Gasteiger partial charge on any atom is -0.497 e. The predicted octanol–water partition coefficient (Wildman–Crippen LogP) is 7.01. The van der Waals surface area contributed by atoms with Crippen molar-refractivity contribution in [2.45, 2.75) is 91.0 Å². The van der Waals surface area contributed by atoms with E-state index in [2.05, 4.69) is 26.5 Å². The first-order chi connectivity index (χ1) is 17.1. The Balaban J connectivity index is 1.33. The van der Waals surface area contributed by atoms with E-state index in [1.807, 2.05) is 37.3 Å². The summed E-state index contributed by atoms with van der Waals surface area (Å²) in [5.41, 5.74) is 2.36. The Kier molecular flexibility index (Phi) is 6.53. The summed E-state index contributed by atoms with van der Waals surface area (Å²) in [6, 6.07) is 7.85. The van der Waals surface area contributed by atoms with Gasteiger partial charge in [0.1, 0.15) is 11.5 Å². The molecule has 0 aromatic heterocycles. The number of ether oxygens (including phenoxy) is 2. The van der Waals surface area contributed by atoms with Gasteiger partial charge in [0, 0.05) is 18.3 Å². The molecule has 196 valence electrons. The van der Waals surface area contributed by atoms with E-state index in [-0.39, 0.29) is 16.2 Å². The number of ketones is 1. The van der Waals surface area contributed by atoms with E-state index in [0.29, 0.717) is 43.0 Å². The molecular formula is C32H44O4. The molecule has 4 aliphatic carbocycles. The lowest BCUT2D eigenvalue weighted by Gasteiger charge is -2.60. The summed E-state index contributed by atoms with van der Waals surface area (Å²) in [4.78, 5) is 13.0. The Morgan fingerprint density at radius 2 is 1.83 bits per heavy atom. The number of allylic oxidation sites excluding steroid dienone is 2. The Morgan fingerprint density at radius 1 is 1.11 bits per heavy atom. The fourth-order valence-corrected chi connectivity index (χ4v) is 9.12. The maximum Gasteiger partial charge on any atom is 0.169 e. The third-order valence-electron chi connectivity index (χ3n) is 11.3. The molecule has 1 aromatic rings. The molecular weight excluding hydrogens is 448 g/mol. The second kappa shape index (κ2) is 9.13. The van der Waals surface area contributed by atoms with E-state index in [1.54, 1.807) is 7.11 Å². The zero-order chi connectivity index (χ0) is 25.8. The number of methoxy groups -OCH3 is 1. The van der Waals surface area contributed by atoms with Gasteiger partial charge < -0.3 is 14.6 Å². The molecule has 7 atom stereocenters. The molecule has 0 saturated heterocycles. The van der Waals surface area contributed by atoms with Crippen molar-refractivity contribution in [1.82, 2.24) is 0 Å². The molecule has 0 spiro atoms. The molecule has 1 N–H and O–H groups in total. The number of rotatable bonds is 7. The van der Waals surface area contributed by atoms with Crippen LogP contribution in [0.2, 0.25) is 0 Å². The highest BCUT2D eigenvalue weighted by molar-refractivity contribution is 5.84. The van der Waals surface area contributed by atoms with Crippen LogP contribution in [0, 0.1) is 34.0 Å². The molecule has 4 nitrogen and oxygen atoms in total. The highest BCUT2D eigenvalue weighted by Crippen LogP contribution is 2.70. The molecule has 4 aliphatic rings. The standard InChI is InChI=1S/C32H44O4/c1-6-15-31(22(2)33)17-14-28-26-12-9-24-20-32(34,36-21-23-7-10-25(35-5)11-8-23)19-18-29(24,3)27(26)13-16-30(28,31)4/h6-11,26-28,34H,1,12-21H2,2-5H3/t26-,27+,28+,29+,30+,31-,32?/m1/s1. The normalized spacial score (nSPS) is 41.5. The summed E-state index contributed by atoms with van der Waals surface area (Å²) < 4.78 is 11.4. The zero-order valence-electron chi connectivity index (χ0n) is 22.6. The van der Waals surface area contributed by atoms with Gasteiger partial charge in [-0.1, -0.05) is 43.7 Å². The van der Waals surface area contributed by atoms with Crippen LogP contribution in [0.4, 0.5) is 0 Å². The third-order valence-corrected chi connectivity index (χ3v) is 11.3. The summed E-state index contributed by atoms with van der Waals surface area (Å²) in [7, 11) is 1.66. The van der Waals surface area contributed by atoms with Gasteiger partial charge in [0.2, 0.25) is 0 Å². The minimum absolute atomic E-state index is 0.0623. The number of hydrogen-bond donors (Lipinski definition) is 1. The summed E-state index contributed by atoms with van der Waals surface area (Å²) in [5, 5.41) is 11.4. The number of aliphatic hydroxyl groups is 1. The van der Waals surface area contributed by atoms with E-state index in [4.69, 9.17) is 9.47 Å². The van der Waals surface area contributed by atoms with Crippen LogP contribution in [-0.2, 0) is 16.1 Å². The smallest absolute Gasteiger partial charge is 0.169 e. The molecule has 0 bridgehead atoms. The van der Waals surface area contributed by atoms with Gasteiger partial charge in [-0.3, -0.25) is 4.79 Å². The lowest BCUT2D eigenvalue weighted by molar-refractivity contribution is -0.231. The molecule has 0 radical (unpaired) electrons. The van der Waals surface area contributed by atoms with Crippen LogP contribution in [0.5, 0.6) is 5.75 Å². The first kappa shape index (κ1) is 25.7. The maximum absolute atomic E-state index is 13.0. The topological polar surface area (TPSA) is 55.8 Å². The van der Waals surface area contributed by atoms with Crippen LogP contribution in [-0.4, -0.2) is 23.8 Å². The van der Waals surface area contributed by atoms with Crippen molar-refractivity contribution in [3.05, 3.63) is 54.1 Å². The molecule has 5 rings (SSSR count). The van der Waals surface area contributed by atoms with E-state index in [9.17, 15) is 9.90 Å². The van der Waals surface area contributed by atoms with Crippen LogP contribution in [0.3, 0.4) is 0 Å². The molecule has 1 unspecified atom stereocenters. The Labute approximate surface area is 217 Å². The van der Waals surface area contributed by atoms with Crippen molar-refractivity contribution < 1.29 is 19.4 Å². The first-order valence-corrected chi connectivity index (χ1v) is 13.9. The van der Waals surface area contributed by atoms with Crippen molar-refractivity contribution in [3.8, 4) is 5.75 Å². The number of hydrogen-bond acceptors (Lipinski definition) is 4. The second-order valence-corrected chi connectivity index (χ2v) is 12.6. The summed E-state index contributed by atoms with van der Waals surface area (Å²) >= 11 is 0. The van der Waals surface area contributed by atoms with Crippen molar-refractivity contribution in [3.63, 3.8) is 0 Å². The lowest BCUT2D eigenvalue weighted by Crippen LogP contribution is -2.55. The van der Waals surface area contributed by atoms with E-state index in [0.717, 1.165) is 49.8 Å². The maximum atomic E-state index is 13.0. The highest BCUT2D eigenvalue weighted by atomic mass is 16.6. The van der Waals surface area contributed by atoms with Gasteiger partial charge in [-0.05, 0) is 98.1 Å². The zero-order valence-corrected chi connectivity index (χ0v) is 22.6. The Morgan fingerprint density at radius 3 is 2.50 bits per heavy atom. The second-order valence-electron chi connectivity index (χ2n) is 12.6. The van der Waals surface area contributed by atoms with Crippen LogP contribution >= 0.6 is 0 Å². The van der Waals surface area contributed by atoms with Crippen molar-refractivity contribution in [2.24, 2.45) is 34.0 Å². The van der Waals surface area contributed by atoms with Crippen molar-refractivity contribution in [2.75, 3.05) is 7.11 Å². The molecule has 3 saturated carbocycles. The number of carbonyl (C=O) groups is 1. The molecule has 3 fully saturated rings. The van der Waals surface area contributed by atoms with Crippen LogP contribution < -0.4 is 4.74 Å². The number of fused-ring (bicyclic) bond motifs is 5. The van der Waals surface area contributed by atoms with Gasteiger partial charge in [0.25, 0.3) is 0 Å². The molecule has 36 heavy (non-hydrogen) atoms. The van der Waals surface area contributed by atoms with Gasteiger partial charge in [-0.15, -0.1) is 6.58 Å². The summed E-state index contributed by atoms with van der Waals surface area (Å²) in [6.45, 7) is 11.1. The lowest BCUT2D eigenvalue weighted by atomic mass is 9.45. The average molecular weight is 493 g/mol. The molecule has 0 heterocycles. The largest absolute Gasteiger partial charge is 0.497 e. The fourth-order valence-electron chi connectivity index (χ4n) is 9.12. The molecule has 0 amide bonds.